The van der Waals surface area contributed by atoms with Crippen LogP contribution in [0.2, 0.25) is 0 Å². The fourth-order valence-electron chi connectivity index (χ4n) is 3.60. The minimum atomic E-state index is -0.568. The van der Waals surface area contributed by atoms with E-state index in [0.29, 0.717) is 31.2 Å². The molecule has 0 radical (unpaired) electrons. The molecule has 0 saturated carbocycles. The van der Waals surface area contributed by atoms with Gasteiger partial charge in [-0.15, -0.1) is 0 Å². The lowest BCUT2D eigenvalue weighted by molar-refractivity contribution is -0.154. The van der Waals surface area contributed by atoms with Gasteiger partial charge in [-0.1, -0.05) is 24.3 Å². The van der Waals surface area contributed by atoms with Gasteiger partial charge < -0.3 is 25.3 Å². The number of methoxy groups -OCH3 is 1. The molecule has 0 heterocycles. The summed E-state index contributed by atoms with van der Waals surface area (Å²) in [4.78, 5) is 25.0. The summed E-state index contributed by atoms with van der Waals surface area (Å²) in [7, 11) is 1.56. The van der Waals surface area contributed by atoms with Crippen molar-refractivity contribution in [2.24, 2.45) is 17.1 Å². The highest BCUT2D eigenvalue weighted by molar-refractivity contribution is 5.78. The summed E-state index contributed by atoms with van der Waals surface area (Å²) in [5.74, 6) is 0.816. The lowest BCUT2D eigenvalue weighted by Gasteiger charge is -2.22. The molecule has 0 aliphatic heterocycles. The third-order valence-electron chi connectivity index (χ3n) is 6.03. The number of ether oxygens (including phenoxy) is 3. The second-order valence-electron chi connectivity index (χ2n) is 10.3. The number of benzene rings is 2. The predicted octanol–water partition coefficient (Wildman–Crippen LogP) is 4.15. The lowest BCUT2D eigenvalue weighted by atomic mass is 9.96. The molecule has 0 aliphatic carbocycles. The van der Waals surface area contributed by atoms with Gasteiger partial charge in [-0.05, 0) is 81.8 Å². The quantitative estimate of drug-likeness (QED) is 0.403. The molecule has 2 aromatic carbocycles. The van der Waals surface area contributed by atoms with E-state index in [4.69, 9.17) is 19.9 Å². The Hall–Kier alpha value is -3.06. The molecular weight excluding hydrogens is 456 g/mol. The second kappa shape index (κ2) is 13.9. The Kier molecular flexibility index (Phi) is 11.2. The molecule has 0 aliphatic rings. The van der Waals surface area contributed by atoms with E-state index in [0.717, 1.165) is 18.4 Å². The molecule has 3 N–H and O–H groups in total. The van der Waals surface area contributed by atoms with E-state index >= 15 is 0 Å². The van der Waals surface area contributed by atoms with Crippen LogP contribution in [0.4, 0.5) is 0 Å². The Morgan fingerprint density at radius 1 is 1.00 bits per heavy atom. The molecule has 2 aromatic rings. The van der Waals surface area contributed by atoms with Crippen LogP contribution in [0.1, 0.15) is 49.4 Å². The van der Waals surface area contributed by atoms with E-state index in [1.54, 1.807) is 19.2 Å². The maximum absolute atomic E-state index is 12.7. The topological polar surface area (TPSA) is 99.9 Å². The van der Waals surface area contributed by atoms with Crippen molar-refractivity contribution in [3.05, 3.63) is 58.7 Å². The lowest BCUT2D eigenvalue weighted by Crippen LogP contribution is -2.34. The molecule has 1 atom stereocenters. The van der Waals surface area contributed by atoms with Crippen LogP contribution in [-0.4, -0.2) is 45.3 Å². The Labute approximate surface area is 215 Å². The van der Waals surface area contributed by atoms with Crippen molar-refractivity contribution in [3.63, 3.8) is 0 Å². The van der Waals surface area contributed by atoms with Crippen molar-refractivity contribution in [2.75, 3.05) is 33.4 Å². The second-order valence-corrected chi connectivity index (χ2v) is 10.3. The van der Waals surface area contributed by atoms with E-state index in [1.165, 1.54) is 16.7 Å². The monoisotopic (exact) mass is 498 g/mol. The van der Waals surface area contributed by atoms with Gasteiger partial charge in [0.2, 0.25) is 5.91 Å². The van der Waals surface area contributed by atoms with Crippen LogP contribution in [-0.2, 0) is 27.2 Å². The maximum Gasteiger partial charge on any atom is 0.311 e. The third-order valence-corrected chi connectivity index (χ3v) is 6.03. The average Bonchev–Trinajstić information content (AvgIpc) is 2.83. The summed E-state index contributed by atoms with van der Waals surface area (Å²) in [5.41, 5.74) is 9.50. The van der Waals surface area contributed by atoms with Gasteiger partial charge >= 0.3 is 5.97 Å². The molecule has 0 fully saturated rings. The fourth-order valence-corrected chi connectivity index (χ4v) is 3.60. The zero-order valence-corrected chi connectivity index (χ0v) is 22.6. The smallest absolute Gasteiger partial charge is 0.311 e. The highest BCUT2D eigenvalue weighted by Crippen LogP contribution is 2.28. The summed E-state index contributed by atoms with van der Waals surface area (Å²) < 4.78 is 16.6. The van der Waals surface area contributed by atoms with Crippen molar-refractivity contribution in [1.82, 2.24) is 5.32 Å². The first-order chi connectivity index (χ1) is 17.0. The fraction of sp³-hybridized carbons (Fsp3) is 0.517. The SMILES string of the molecule is COc1cc(CC(=O)NCC(CCc2ccc(C)c(C)c2)COC(=O)C(C)(C)C)ccc1OCCN. The standard InChI is InChI=1S/C29H42N2O5/c1-20-7-8-22(15-21(20)2)9-10-24(19-36-28(33)29(3,4)5)18-31-27(32)17-23-11-12-25(35-14-13-30)26(16-23)34-6/h7-8,11-12,15-16,24H,9-10,13-14,17-19,30H2,1-6H3,(H,31,32). The van der Waals surface area contributed by atoms with Gasteiger partial charge in [0.1, 0.15) is 6.61 Å². The number of esters is 1. The first-order valence-electron chi connectivity index (χ1n) is 12.5. The van der Waals surface area contributed by atoms with Gasteiger partial charge in [0, 0.05) is 19.0 Å². The number of amides is 1. The summed E-state index contributed by atoms with van der Waals surface area (Å²) in [6, 6.07) is 11.9. The minimum absolute atomic E-state index is 0.00318. The largest absolute Gasteiger partial charge is 0.493 e. The van der Waals surface area contributed by atoms with E-state index in [-0.39, 0.29) is 30.8 Å². The molecule has 7 nitrogen and oxygen atoms in total. The normalized spacial score (nSPS) is 12.1. The Bertz CT molecular complexity index is 1010. The van der Waals surface area contributed by atoms with Gasteiger partial charge in [0.25, 0.3) is 0 Å². The first kappa shape index (κ1) is 29.2. The molecule has 0 aromatic heterocycles. The number of nitrogens with two attached hydrogens (primary N) is 1. The number of hydrogen-bond donors (Lipinski definition) is 2. The molecule has 0 saturated heterocycles. The van der Waals surface area contributed by atoms with Gasteiger partial charge in [-0.2, -0.15) is 0 Å². The molecule has 1 amide bonds. The van der Waals surface area contributed by atoms with Crippen LogP contribution < -0.4 is 20.5 Å². The predicted molar refractivity (Wildman–Crippen MR) is 142 cm³/mol. The summed E-state index contributed by atoms with van der Waals surface area (Å²) in [5, 5.41) is 3.02. The highest BCUT2D eigenvalue weighted by atomic mass is 16.5. The van der Waals surface area contributed by atoms with Gasteiger partial charge in [-0.25, -0.2) is 0 Å². The van der Waals surface area contributed by atoms with E-state index in [9.17, 15) is 9.59 Å². The Balaban J connectivity index is 1.99. The first-order valence-corrected chi connectivity index (χ1v) is 12.5. The van der Waals surface area contributed by atoms with E-state index in [1.807, 2.05) is 26.8 Å². The number of rotatable bonds is 13. The Morgan fingerprint density at radius 2 is 1.72 bits per heavy atom. The van der Waals surface area contributed by atoms with Crippen molar-refractivity contribution in [3.8, 4) is 11.5 Å². The highest BCUT2D eigenvalue weighted by Gasteiger charge is 2.24. The number of carbonyl (C=O) groups excluding carboxylic acids is 2. The van der Waals surface area contributed by atoms with Gasteiger partial charge in [-0.3, -0.25) is 9.59 Å². The van der Waals surface area contributed by atoms with E-state index < -0.39 is 5.41 Å². The molecule has 0 bridgehead atoms. The van der Waals surface area contributed by atoms with Crippen molar-refractivity contribution >= 4 is 11.9 Å². The third kappa shape index (κ3) is 9.53. The molecule has 2 rings (SSSR count). The molecule has 7 heteroatoms. The van der Waals surface area contributed by atoms with Gasteiger partial charge in [0.15, 0.2) is 11.5 Å². The molecule has 36 heavy (non-hydrogen) atoms. The van der Waals surface area contributed by atoms with Crippen LogP contribution in [0.5, 0.6) is 11.5 Å². The summed E-state index contributed by atoms with van der Waals surface area (Å²) >= 11 is 0. The van der Waals surface area contributed by atoms with Crippen molar-refractivity contribution < 1.29 is 23.8 Å². The number of aryl methyl sites for hydroxylation is 3. The molecule has 1 unspecified atom stereocenters. The molecular formula is C29H42N2O5. The zero-order valence-electron chi connectivity index (χ0n) is 22.6. The van der Waals surface area contributed by atoms with Crippen LogP contribution in [0.25, 0.3) is 0 Å². The Morgan fingerprint density at radius 3 is 2.36 bits per heavy atom. The zero-order chi connectivity index (χ0) is 26.7. The van der Waals surface area contributed by atoms with Crippen LogP contribution >= 0.6 is 0 Å². The summed E-state index contributed by atoms with van der Waals surface area (Å²) in [6.45, 7) is 11.2. The van der Waals surface area contributed by atoms with E-state index in [2.05, 4.69) is 37.4 Å². The van der Waals surface area contributed by atoms with Crippen LogP contribution in [0, 0.1) is 25.2 Å². The van der Waals surface area contributed by atoms with Crippen molar-refractivity contribution in [2.45, 2.75) is 53.9 Å². The maximum atomic E-state index is 12.7. The molecule has 198 valence electrons. The van der Waals surface area contributed by atoms with Crippen LogP contribution in [0.15, 0.2) is 36.4 Å². The van der Waals surface area contributed by atoms with Gasteiger partial charge in [0.05, 0.1) is 25.6 Å². The minimum Gasteiger partial charge on any atom is -0.493 e. The van der Waals surface area contributed by atoms with Crippen molar-refractivity contribution in [1.29, 1.82) is 0 Å². The summed E-state index contributed by atoms with van der Waals surface area (Å²) in [6.07, 6.45) is 1.84. The number of nitrogens with one attached hydrogen (secondary N) is 1. The molecule has 0 spiro atoms. The average molecular weight is 499 g/mol. The van der Waals surface area contributed by atoms with Crippen LogP contribution in [0.3, 0.4) is 0 Å². The number of hydrogen-bond acceptors (Lipinski definition) is 6. The number of carbonyl (C=O) groups is 2.